The Morgan fingerprint density at radius 2 is 1.67 bits per heavy atom. The van der Waals surface area contributed by atoms with Gasteiger partial charge in [0.25, 0.3) is 5.91 Å². The number of likely N-dealkylation sites (tertiary alicyclic amines) is 1. The van der Waals surface area contributed by atoms with Crippen LogP contribution in [-0.2, 0) is 12.8 Å². The van der Waals surface area contributed by atoms with Gasteiger partial charge in [0, 0.05) is 36.3 Å². The van der Waals surface area contributed by atoms with Crippen molar-refractivity contribution in [2.24, 2.45) is 0 Å². The number of carbonyl (C=O) groups is 1. The third-order valence-corrected chi connectivity index (χ3v) is 6.75. The van der Waals surface area contributed by atoms with E-state index in [2.05, 4.69) is 51.4 Å². The number of benzene rings is 2. The second-order valence-electron chi connectivity index (χ2n) is 8.43. The number of likely N-dealkylation sites (N-methyl/N-ethyl adjacent to an activating group) is 1. The summed E-state index contributed by atoms with van der Waals surface area (Å²) in [5, 5.41) is 6.72. The van der Waals surface area contributed by atoms with E-state index in [-0.39, 0.29) is 5.91 Å². The fourth-order valence-corrected chi connectivity index (χ4v) is 4.90. The zero-order valence-electron chi connectivity index (χ0n) is 17.3. The molecule has 1 saturated heterocycles. The first-order valence-corrected chi connectivity index (χ1v) is 10.7. The van der Waals surface area contributed by atoms with Crippen molar-refractivity contribution in [3.05, 3.63) is 71.5 Å². The lowest BCUT2D eigenvalue weighted by molar-refractivity contribution is 0.0603. The van der Waals surface area contributed by atoms with Crippen molar-refractivity contribution in [3.63, 3.8) is 0 Å². The van der Waals surface area contributed by atoms with Crippen LogP contribution in [0.3, 0.4) is 0 Å². The molecule has 1 aromatic heterocycles. The second kappa shape index (κ2) is 8.03. The molecule has 5 rings (SSSR count). The number of fused-ring (bicyclic) bond motifs is 1. The Hall–Kier alpha value is -2.99. The molecule has 0 saturated carbocycles. The van der Waals surface area contributed by atoms with Gasteiger partial charge in [0.15, 0.2) is 5.82 Å². The average Bonchev–Trinajstić information content (AvgIpc) is 3.48. The summed E-state index contributed by atoms with van der Waals surface area (Å²) in [5.74, 6) is 0.834. The molecular formula is C24H27N5O. The summed E-state index contributed by atoms with van der Waals surface area (Å²) in [4.78, 5) is 21.7. The highest BCUT2D eigenvalue weighted by Crippen LogP contribution is 2.28. The highest BCUT2D eigenvalue weighted by atomic mass is 16.2. The average molecular weight is 402 g/mol. The zero-order valence-corrected chi connectivity index (χ0v) is 17.3. The normalized spacial score (nSPS) is 17.5. The van der Waals surface area contributed by atoms with Gasteiger partial charge in [-0.25, -0.2) is 4.98 Å². The Labute approximate surface area is 176 Å². The van der Waals surface area contributed by atoms with E-state index in [1.165, 1.54) is 17.5 Å². The van der Waals surface area contributed by atoms with Gasteiger partial charge in [0.05, 0.1) is 0 Å². The van der Waals surface area contributed by atoms with E-state index in [1.54, 1.807) is 0 Å². The molecule has 6 heteroatoms. The molecule has 1 fully saturated rings. The maximum Gasteiger partial charge on any atom is 0.253 e. The van der Waals surface area contributed by atoms with Crippen molar-refractivity contribution in [3.8, 4) is 11.4 Å². The van der Waals surface area contributed by atoms with Gasteiger partial charge in [-0.15, -0.1) is 0 Å². The van der Waals surface area contributed by atoms with Crippen LogP contribution in [0.4, 0.5) is 0 Å². The lowest BCUT2D eigenvalue weighted by atomic mass is 10.00. The van der Waals surface area contributed by atoms with Gasteiger partial charge in [-0.3, -0.25) is 14.8 Å². The van der Waals surface area contributed by atoms with E-state index in [4.69, 9.17) is 0 Å². The molecule has 1 aliphatic heterocycles. The second-order valence-corrected chi connectivity index (χ2v) is 8.43. The molecule has 1 aliphatic carbocycles. The van der Waals surface area contributed by atoms with Crippen molar-refractivity contribution in [1.29, 1.82) is 0 Å². The summed E-state index contributed by atoms with van der Waals surface area (Å²) in [6, 6.07) is 17.5. The summed E-state index contributed by atoms with van der Waals surface area (Å²) >= 11 is 0. The van der Waals surface area contributed by atoms with Crippen LogP contribution in [0.5, 0.6) is 0 Å². The predicted octanol–water partition coefficient (Wildman–Crippen LogP) is 3.18. The van der Waals surface area contributed by atoms with Gasteiger partial charge in [0.1, 0.15) is 6.33 Å². The molecule has 0 bridgehead atoms. The van der Waals surface area contributed by atoms with Crippen molar-refractivity contribution >= 4 is 5.91 Å². The number of aromatic amines is 1. The lowest BCUT2D eigenvalue weighted by Gasteiger charge is -2.39. The lowest BCUT2D eigenvalue weighted by Crippen LogP contribution is -2.48. The number of hydrogen-bond donors (Lipinski definition) is 1. The summed E-state index contributed by atoms with van der Waals surface area (Å²) in [6.45, 7) is 1.63. The van der Waals surface area contributed by atoms with Crippen LogP contribution in [0.25, 0.3) is 11.4 Å². The number of H-pyrrole nitrogens is 1. The predicted molar refractivity (Wildman–Crippen MR) is 116 cm³/mol. The standard InChI is InChI=1S/C24H27N5O/c1-28(22-14-19-4-2-3-5-20(19)15-22)21-10-12-29(13-11-21)24(30)18-8-6-17(7-9-18)23-25-16-26-27-23/h2-9,16,21-22H,10-15H2,1H3,(H,25,26,27). The number of nitrogens with zero attached hydrogens (tertiary/aromatic N) is 4. The summed E-state index contributed by atoms with van der Waals surface area (Å²) in [7, 11) is 2.26. The molecule has 1 N–H and O–H groups in total. The highest BCUT2D eigenvalue weighted by Gasteiger charge is 2.32. The first-order valence-electron chi connectivity index (χ1n) is 10.7. The van der Waals surface area contributed by atoms with Crippen LogP contribution in [0.1, 0.15) is 34.3 Å². The number of nitrogens with one attached hydrogen (secondary N) is 1. The van der Waals surface area contributed by atoms with Crippen LogP contribution in [0, 0.1) is 0 Å². The van der Waals surface area contributed by atoms with Crippen molar-refractivity contribution < 1.29 is 4.79 Å². The number of hydrogen-bond acceptors (Lipinski definition) is 4. The van der Waals surface area contributed by atoms with Gasteiger partial charge in [-0.05, 0) is 56.0 Å². The van der Waals surface area contributed by atoms with E-state index in [9.17, 15) is 4.79 Å². The fraction of sp³-hybridized carbons (Fsp3) is 0.375. The molecule has 154 valence electrons. The molecule has 0 radical (unpaired) electrons. The molecule has 2 aliphatic rings. The van der Waals surface area contributed by atoms with Crippen LogP contribution >= 0.6 is 0 Å². The molecule has 0 spiro atoms. The fourth-order valence-electron chi connectivity index (χ4n) is 4.90. The number of amides is 1. The van der Waals surface area contributed by atoms with Crippen molar-refractivity contribution in [2.75, 3.05) is 20.1 Å². The Balaban J connectivity index is 1.17. The maximum absolute atomic E-state index is 13.0. The van der Waals surface area contributed by atoms with Gasteiger partial charge in [0.2, 0.25) is 0 Å². The summed E-state index contributed by atoms with van der Waals surface area (Å²) in [6.07, 6.45) is 5.84. The number of aromatic nitrogens is 3. The summed E-state index contributed by atoms with van der Waals surface area (Å²) in [5.41, 5.74) is 4.66. The monoisotopic (exact) mass is 401 g/mol. The smallest absolute Gasteiger partial charge is 0.253 e. The Morgan fingerprint density at radius 1 is 1.00 bits per heavy atom. The third kappa shape index (κ3) is 3.63. The number of carbonyl (C=O) groups excluding carboxylic acids is 1. The van der Waals surface area contributed by atoms with Crippen molar-refractivity contribution in [2.45, 2.75) is 37.8 Å². The quantitative estimate of drug-likeness (QED) is 0.729. The first kappa shape index (κ1) is 19.0. The zero-order chi connectivity index (χ0) is 20.5. The van der Waals surface area contributed by atoms with Crippen LogP contribution < -0.4 is 0 Å². The van der Waals surface area contributed by atoms with E-state index >= 15 is 0 Å². The molecule has 3 aromatic rings. The van der Waals surface area contributed by atoms with Crippen LogP contribution in [0.15, 0.2) is 54.9 Å². The first-order chi connectivity index (χ1) is 14.7. The van der Waals surface area contributed by atoms with E-state index in [0.717, 1.165) is 49.9 Å². The Kier molecular flexibility index (Phi) is 5.09. The van der Waals surface area contributed by atoms with E-state index in [1.807, 2.05) is 29.2 Å². The van der Waals surface area contributed by atoms with Gasteiger partial charge in [-0.1, -0.05) is 36.4 Å². The van der Waals surface area contributed by atoms with E-state index < -0.39 is 0 Å². The third-order valence-electron chi connectivity index (χ3n) is 6.75. The Bertz CT molecular complexity index is 981. The minimum absolute atomic E-state index is 0.119. The molecule has 6 nitrogen and oxygen atoms in total. The van der Waals surface area contributed by atoms with E-state index in [0.29, 0.717) is 17.9 Å². The minimum Gasteiger partial charge on any atom is -0.339 e. The SMILES string of the molecule is CN(C1CCN(C(=O)c2ccc(-c3ncn[nH]3)cc2)CC1)C1Cc2ccccc2C1. The van der Waals surface area contributed by atoms with Gasteiger partial charge in [-0.2, -0.15) is 5.10 Å². The largest absolute Gasteiger partial charge is 0.339 e. The summed E-state index contributed by atoms with van der Waals surface area (Å²) < 4.78 is 0. The van der Waals surface area contributed by atoms with Crippen molar-refractivity contribution in [1.82, 2.24) is 25.0 Å². The molecule has 2 heterocycles. The molecule has 0 unspecified atom stereocenters. The Morgan fingerprint density at radius 3 is 2.27 bits per heavy atom. The minimum atomic E-state index is 0.119. The molecular weight excluding hydrogens is 374 g/mol. The van der Waals surface area contributed by atoms with Crippen LogP contribution in [-0.4, -0.2) is 63.1 Å². The van der Waals surface area contributed by atoms with Gasteiger partial charge >= 0.3 is 0 Å². The molecule has 30 heavy (non-hydrogen) atoms. The maximum atomic E-state index is 13.0. The molecule has 2 aromatic carbocycles. The van der Waals surface area contributed by atoms with Gasteiger partial charge < -0.3 is 4.90 Å². The number of rotatable bonds is 4. The highest BCUT2D eigenvalue weighted by molar-refractivity contribution is 5.94. The molecule has 0 atom stereocenters. The number of piperidine rings is 1. The topological polar surface area (TPSA) is 65.1 Å². The molecule has 1 amide bonds. The van der Waals surface area contributed by atoms with Crippen LogP contribution in [0.2, 0.25) is 0 Å².